The highest BCUT2D eigenvalue weighted by Gasteiger charge is 2.48. The fourth-order valence-corrected chi connectivity index (χ4v) is 4.07. The van der Waals surface area contributed by atoms with E-state index in [0.717, 1.165) is 35.0 Å². The molecular formula is C25H25N7O. The van der Waals surface area contributed by atoms with Gasteiger partial charge in [-0.2, -0.15) is 0 Å². The minimum Gasteiger partial charge on any atom is -0.398 e. The first-order valence-corrected chi connectivity index (χ1v) is 10.8. The van der Waals surface area contributed by atoms with Crippen LogP contribution in [0, 0.1) is 0 Å². The van der Waals surface area contributed by atoms with E-state index in [1.54, 1.807) is 32.6 Å². The average molecular weight is 440 g/mol. The van der Waals surface area contributed by atoms with Crippen LogP contribution in [0.25, 0.3) is 22.4 Å². The van der Waals surface area contributed by atoms with E-state index < -0.39 is 0 Å². The number of allylic oxidation sites excluding steroid dienone is 1. The topological polar surface area (TPSA) is 102 Å². The van der Waals surface area contributed by atoms with E-state index >= 15 is 0 Å². The number of pyridine rings is 1. The second-order valence-corrected chi connectivity index (χ2v) is 8.55. The van der Waals surface area contributed by atoms with Crippen LogP contribution in [0.5, 0.6) is 0 Å². The van der Waals surface area contributed by atoms with Crippen molar-refractivity contribution in [1.82, 2.24) is 24.3 Å². The van der Waals surface area contributed by atoms with E-state index in [-0.39, 0.29) is 17.9 Å². The van der Waals surface area contributed by atoms with Crippen LogP contribution in [0.3, 0.4) is 0 Å². The molecule has 8 heteroatoms. The highest BCUT2D eigenvalue weighted by atomic mass is 16.2. The van der Waals surface area contributed by atoms with E-state index in [4.69, 9.17) is 5.73 Å². The molecule has 3 heterocycles. The summed E-state index contributed by atoms with van der Waals surface area (Å²) in [5, 5.41) is 1.13. The van der Waals surface area contributed by atoms with Crippen molar-refractivity contribution in [2.45, 2.75) is 18.3 Å². The summed E-state index contributed by atoms with van der Waals surface area (Å²) in [6.45, 7) is 0.0868. The van der Waals surface area contributed by atoms with Crippen LogP contribution in [0.1, 0.15) is 29.7 Å². The lowest BCUT2D eigenvalue weighted by molar-refractivity contribution is -0.127. The monoisotopic (exact) mass is 439 g/mol. The van der Waals surface area contributed by atoms with Gasteiger partial charge in [0.05, 0.1) is 17.4 Å². The van der Waals surface area contributed by atoms with Crippen LogP contribution in [0.4, 0.5) is 0 Å². The minimum absolute atomic E-state index is 0.0661. The van der Waals surface area contributed by atoms with Gasteiger partial charge in [0.1, 0.15) is 6.54 Å². The molecule has 1 aliphatic rings. The zero-order chi connectivity index (χ0) is 23.0. The number of likely N-dealkylation sites (N-methyl/N-ethyl adjacent to an activating group) is 1. The van der Waals surface area contributed by atoms with Crippen molar-refractivity contribution in [1.29, 1.82) is 0 Å². The predicted octanol–water partition coefficient (Wildman–Crippen LogP) is 2.82. The predicted molar refractivity (Wildman–Crippen MR) is 129 cm³/mol. The number of aromatic nitrogens is 4. The fraction of sp³-hybridized carbons (Fsp3) is 0.240. The third kappa shape index (κ3) is 3.84. The summed E-state index contributed by atoms with van der Waals surface area (Å²) in [4.78, 5) is 30.7. The third-order valence-electron chi connectivity index (χ3n) is 6.18. The number of benzene rings is 1. The molecule has 33 heavy (non-hydrogen) atoms. The van der Waals surface area contributed by atoms with Crippen molar-refractivity contribution in [3.05, 3.63) is 78.0 Å². The first-order chi connectivity index (χ1) is 16.0. The Bertz CT molecular complexity index is 1410. The third-order valence-corrected chi connectivity index (χ3v) is 6.18. The van der Waals surface area contributed by atoms with Gasteiger partial charge in [-0.15, -0.1) is 0 Å². The summed E-state index contributed by atoms with van der Waals surface area (Å²) in [7, 11) is 3.40. The Morgan fingerprint density at radius 3 is 2.82 bits per heavy atom. The quantitative estimate of drug-likeness (QED) is 0.466. The van der Waals surface area contributed by atoms with Crippen molar-refractivity contribution < 1.29 is 4.79 Å². The average Bonchev–Trinajstić information content (AvgIpc) is 3.53. The van der Waals surface area contributed by atoms with Gasteiger partial charge in [-0.05, 0) is 42.7 Å². The number of carbonyl (C=O) groups excluding carboxylic acids is 1. The molecule has 1 saturated carbocycles. The molecule has 1 aliphatic carbocycles. The maximum Gasteiger partial charge on any atom is 0.243 e. The Morgan fingerprint density at radius 1 is 1.21 bits per heavy atom. The molecular weight excluding hydrogens is 414 g/mol. The molecule has 0 aliphatic heterocycles. The molecule has 0 unspecified atom stereocenters. The van der Waals surface area contributed by atoms with Gasteiger partial charge in [0, 0.05) is 61.0 Å². The van der Waals surface area contributed by atoms with E-state index in [2.05, 4.69) is 44.2 Å². The van der Waals surface area contributed by atoms with Gasteiger partial charge < -0.3 is 10.6 Å². The molecule has 4 aromatic rings. The number of hydrogen-bond acceptors (Lipinski definition) is 6. The molecule has 3 aromatic heterocycles. The molecule has 1 amide bonds. The Hall–Kier alpha value is -4.07. The van der Waals surface area contributed by atoms with Crippen LogP contribution in [-0.4, -0.2) is 57.0 Å². The van der Waals surface area contributed by atoms with Gasteiger partial charge in [0.15, 0.2) is 0 Å². The molecule has 0 bridgehead atoms. The molecule has 166 valence electrons. The molecule has 0 saturated heterocycles. The van der Waals surface area contributed by atoms with Gasteiger partial charge in [-0.1, -0.05) is 12.1 Å². The first-order valence-electron chi connectivity index (χ1n) is 10.8. The smallest absolute Gasteiger partial charge is 0.243 e. The SMILES string of the molecule is CN(C)C(=O)CN=CC=C(N)c1cnc2ncc(C3(c4ccc5ncccc5c4)CC3)n2c1. The summed E-state index contributed by atoms with van der Waals surface area (Å²) >= 11 is 0. The zero-order valence-electron chi connectivity index (χ0n) is 18.6. The lowest BCUT2D eigenvalue weighted by Crippen LogP contribution is -2.23. The molecule has 1 aromatic carbocycles. The number of rotatable bonds is 6. The van der Waals surface area contributed by atoms with Gasteiger partial charge in [0.2, 0.25) is 11.7 Å². The summed E-state index contributed by atoms with van der Waals surface area (Å²) in [5.41, 5.74) is 10.8. The maximum absolute atomic E-state index is 11.6. The molecule has 5 rings (SSSR count). The first kappa shape index (κ1) is 20.8. The zero-order valence-corrected chi connectivity index (χ0v) is 18.6. The lowest BCUT2D eigenvalue weighted by Gasteiger charge is -2.16. The Labute approximate surface area is 191 Å². The summed E-state index contributed by atoms with van der Waals surface area (Å²) in [6.07, 6.45) is 12.8. The fourth-order valence-electron chi connectivity index (χ4n) is 4.07. The maximum atomic E-state index is 11.6. The Morgan fingerprint density at radius 2 is 2.03 bits per heavy atom. The van der Waals surface area contributed by atoms with Crippen LogP contribution in [-0.2, 0) is 10.2 Å². The second-order valence-electron chi connectivity index (χ2n) is 8.55. The molecule has 1 fully saturated rings. The highest BCUT2D eigenvalue weighted by molar-refractivity contribution is 5.86. The van der Waals surface area contributed by atoms with Crippen LogP contribution in [0.15, 0.2) is 66.2 Å². The number of hydrogen-bond donors (Lipinski definition) is 1. The molecule has 8 nitrogen and oxygen atoms in total. The number of carbonyl (C=O) groups is 1. The number of fused-ring (bicyclic) bond motifs is 2. The molecule has 2 N–H and O–H groups in total. The van der Waals surface area contributed by atoms with Gasteiger partial charge in [-0.3, -0.25) is 19.2 Å². The number of nitrogens with two attached hydrogens (primary N) is 1. The van der Waals surface area contributed by atoms with E-state index in [1.807, 2.05) is 29.1 Å². The van der Waals surface area contributed by atoms with Crippen LogP contribution >= 0.6 is 0 Å². The summed E-state index contributed by atoms with van der Waals surface area (Å²) in [5.74, 6) is 0.573. The van der Waals surface area contributed by atoms with E-state index in [1.165, 1.54) is 10.5 Å². The van der Waals surface area contributed by atoms with Gasteiger partial charge in [-0.25, -0.2) is 9.97 Å². The van der Waals surface area contributed by atoms with Gasteiger partial charge in [0.25, 0.3) is 0 Å². The van der Waals surface area contributed by atoms with Crippen LogP contribution < -0.4 is 5.73 Å². The minimum atomic E-state index is -0.0871. The van der Waals surface area contributed by atoms with Crippen molar-refractivity contribution in [3.8, 4) is 0 Å². The molecule has 0 atom stereocenters. The van der Waals surface area contributed by atoms with Crippen molar-refractivity contribution in [3.63, 3.8) is 0 Å². The standard InChI is InChI=1S/C25H25N7O/c1-31(2)23(33)15-27-11-7-20(26)18-13-29-24-30-14-22(32(24)16-18)25(8-9-25)19-5-6-21-17(12-19)4-3-10-28-21/h3-7,10-14,16H,8-9,15,26H2,1-2H3. The number of nitrogens with zero attached hydrogens (tertiary/aromatic N) is 6. The number of aliphatic imine (C=N–C) groups is 1. The van der Waals surface area contributed by atoms with Crippen LogP contribution in [0.2, 0.25) is 0 Å². The number of amides is 1. The highest BCUT2D eigenvalue weighted by Crippen LogP contribution is 2.53. The van der Waals surface area contributed by atoms with Crippen molar-refractivity contribution in [2.24, 2.45) is 10.7 Å². The van der Waals surface area contributed by atoms with E-state index in [0.29, 0.717) is 11.5 Å². The van der Waals surface area contributed by atoms with Crippen molar-refractivity contribution >= 4 is 34.5 Å². The van der Waals surface area contributed by atoms with Crippen molar-refractivity contribution in [2.75, 3.05) is 20.6 Å². The second kappa shape index (κ2) is 8.12. The summed E-state index contributed by atoms with van der Waals surface area (Å²) in [6, 6.07) is 10.5. The Kier molecular flexibility index (Phi) is 5.12. The van der Waals surface area contributed by atoms with Gasteiger partial charge >= 0.3 is 0 Å². The number of imidazole rings is 1. The molecule has 0 radical (unpaired) electrons. The largest absolute Gasteiger partial charge is 0.398 e. The Balaban J connectivity index is 1.46. The molecule has 0 spiro atoms. The normalized spacial score (nSPS) is 15.4. The lowest BCUT2D eigenvalue weighted by atomic mass is 9.91. The van der Waals surface area contributed by atoms with E-state index in [9.17, 15) is 4.79 Å². The summed E-state index contributed by atoms with van der Waals surface area (Å²) < 4.78 is 2.03.